The van der Waals surface area contributed by atoms with Crippen LogP contribution in [0.3, 0.4) is 0 Å². The summed E-state index contributed by atoms with van der Waals surface area (Å²) in [6, 6.07) is 3.81. The van der Waals surface area contributed by atoms with Crippen LogP contribution < -0.4 is 5.73 Å². The number of fused-ring (bicyclic) bond motifs is 1. The van der Waals surface area contributed by atoms with Gasteiger partial charge >= 0.3 is 0 Å². The van der Waals surface area contributed by atoms with E-state index >= 15 is 0 Å². The van der Waals surface area contributed by atoms with Crippen molar-refractivity contribution in [2.75, 3.05) is 26.2 Å². The number of hydrogen-bond donors (Lipinski definition) is 1. The van der Waals surface area contributed by atoms with Gasteiger partial charge in [0.2, 0.25) is 0 Å². The van der Waals surface area contributed by atoms with Crippen molar-refractivity contribution in [3.8, 4) is 6.07 Å². The van der Waals surface area contributed by atoms with Crippen LogP contribution in [-0.4, -0.2) is 53.6 Å². The quantitative estimate of drug-likeness (QED) is 0.863. The normalized spacial score (nSPS) is 41.7. The molecule has 4 heteroatoms. The molecule has 3 aliphatic rings. The Bertz CT molecular complexity index is 404. The van der Waals surface area contributed by atoms with Crippen LogP contribution in [0.2, 0.25) is 0 Å². The Morgan fingerprint density at radius 3 is 2.90 bits per heavy atom. The Hall–Kier alpha value is -0.630. The molecule has 2 heterocycles. The van der Waals surface area contributed by atoms with Gasteiger partial charge in [0.15, 0.2) is 0 Å². The minimum Gasteiger partial charge on any atom is -0.313 e. The number of nitriles is 1. The first kappa shape index (κ1) is 15.3. The predicted octanol–water partition coefficient (Wildman–Crippen LogP) is 1.96. The molecule has 2 N–H and O–H groups in total. The number of nitrogens with two attached hydrogens (primary N) is 1. The number of hydrogen-bond acceptors (Lipinski definition) is 4. The fourth-order valence-electron chi connectivity index (χ4n) is 4.70. The maximum absolute atomic E-state index is 9.34. The van der Waals surface area contributed by atoms with Gasteiger partial charge in [0.1, 0.15) is 5.54 Å². The molecule has 4 atom stereocenters. The standard InChI is InChI=1S/C17H30N4/c1-14-11-21-9-3-2-6-16(21)12-20(14)10-7-15-5-4-8-17(15,19)13-18/h14-16H,2-12,19H2,1H3. The fraction of sp³-hybridized carbons (Fsp3) is 0.941. The van der Waals surface area contributed by atoms with E-state index in [-0.39, 0.29) is 0 Å². The molecule has 0 radical (unpaired) electrons. The highest BCUT2D eigenvalue weighted by molar-refractivity contribution is 5.12. The summed E-state index contributed by atoms with van der Waals surface area (Å²) < 4.78 is 0. The molecule has 3 fully saturated rings. The molecule has 118 valence electrons. The monoisotopic (exact) mass is 290 g/mol. The fourth-order valence-corrected chi connectivity index (χ4v) is 4.70. The predicted molar refractivity (Wildman–Crippen MR) is 84.7 cm³/mol. The van der Waals surface area contributed by atoms with Crippen molar-refractivity contribution in [1.82, 2.24) is 9.80 Å². The summed E-state index contributed by atoms with van der Waals surface area (Å²) >= 11 is 0. The molecule has 3 rings (SSSR count). The van der Waals surface area contributed by atoms with Crippen molar-refractivity contribution in [2.24, 2.45) is 11.7 Å². The lowest BCUT2D eigenvalue weighted by atomic mass is 9.86. The second kappa shape index (κ2) is 6.24. The van der Waals surface area contributed by atoms with Crippen LogP contribution in [-0.2, 0) is 0 Å². The first-order valence-corrected chi connectivity index (χ1v) is 8.80. The van der Waals surface area contributed by atoms with Crippen LogP contribution in [0, 0.1) is 17.2 Å². The summed E-state index contributed by atoms with van der Waals surface area (Å²) in [4.78, 5) is 5.35. The van der Waals surface area contributed by atoms with Crippen molar-refractivity contribution in [2.45, 2.75) is 69.5 Å². The van der Waals surface area contributed by atoms with Gasteiger partial charge in [-0.3, -0.25) is 9.80 Å². The highest BCUT2D eigenvalue weighted by Crippen LogP contribution is 2.36. The molecule has 2 aliphatic heterocycles. The maximum Gasteiger partial charge on any atom is 0.107 e. The van der Waals surface area contributed by atoms with Crippen molar-refractivity contribution in [3.63, 3.8) is 0 Å². The zero-order valence-corrected chi connectivity index (χ0v) is 13.4. The molecule has 0 amide bonds. The summed E-state index contributed by atoms with van der Waals surface area (Å²) in [6.45, 7) is 7.22. The third-order valence-electron chi connectivity index (χ3n) is 6.16. The lowest BCUT2D eigenvalue weighted by molar-refractivity contribution is 0.0121. The van der Waals surface area contributed by atoms with Gasteiger partial charge in [-0.2, -0.15) is 5.26 Å². The van der Waals surface area contributed by atoms with Gasteiger partial charge in [0.25, 0.3) is 0 Å². The van der Waals surface area contributed by atoms with Crippen LogP contribution in [0.25, 0.3) is 0 Å². The lowest BCUT2D eigenvalue weighted by Crippen LogP contribution is -2.59. The van der Waals surface area contributed by atoms with Gasteiger partial charge in [-0.1, -0.05) is 12.8 Å². The Balaban J connectivity index is 1.54. The Kier molecular flexibility index (Phi) is 4.54. The van der Waals surface area contributed by atoms with Crippen molar-refractivity contribution >= 4 is 0 Å². The summed E-state index contributed by atoms with van der Waals surface area (Å²) in [7, 11) is 0. The van der Waals surface area contributed by atoms with Crippen molar-refractivity contribution in [3.05, 3.63) is 0 Å². The maximum atomic E-state index is 9.34. The summed E-state index contributed by atoms with van der Waals surface area (Å²) in [5.41, 5.74) is 5.73. The van der Waals surface area contributed by atoms with Crippen LogP contribution in [0.1, 0.15) is 51.9 Å². The largest absolute Gasteiger partial charge is 0.313 e. The highest BCUT2D eigenvalue weighted by Gasteiger charge is 2.40. The summed E-state index contributed by atoms with van der Waals surface area (Å²) in [6.07, 6.45) is 8.39. The SMILES string of the molecule is CC1CN2CCCCC2CN1CCC1CCCC1(N)C#N. The van der Waals surface area contributed by atoms with Crippen LogP contribution in [0.4, 0.5) is 0 Å². The highest BCUT2D eigenvalue weighted by atomic mass is 15.3. The van der Waals surface area contributed by atoms with E-state index in [0.29, 0.717) is 12.0 Å². The molecule has 1 aliphatic carbocycles. The number of rotatable bonds is 3. The molecule has 0 bridgehead atoms. The molecule has 2 saturated heterocycles. The van der Waals surface area contributed by atoms with Crippen LogP contribution >= 0.6 is 0 Å². The van der Waals surface area contributed by atoms with E-state index in [4.69, 9.17) is 5.73 Å². The Morgan fingerprint density at radius 1 is 1.24 bits per heavy atom. The number of piperazine rings is 1. The lowest BCUT2D eigenvalue weighted by Gasteiger charge is -2.48. The topological polar surface area (TPSA) is 56.3 Å². The third kappa shape index (κ3) is 3.11. The Labute approximate surface area is 129 Å². The van der Waals surface area contributed by atoms with Crippen LogP contribution in [0.5, 0.6) is 0 Å². The first-order valence-electron chi connectivity index (χ1n) is 8.80. The molecular weight excluding hydrogens is 260 g/mol. The molecule has 4 unspecified atom stereocenters. The smallest absolute Gasteiger partial charge is 0.107 e. The first-order chi connectivity index (χ1) is 10.1. The molecular formula is C17H30N4. The van der Waals surface area contributed by atoms with E-state index < -0.39 is 5.54 Å². The second-order valence-electron chi connectivity index (χ2n) is 7.52. The molecule has 0 spiro atoms. The van der Waals surface area contributed by atoms with E-state index in [9.17, 15) is 5.26 Å². The van der Waals surface area contributed by atoms with E-state index in [2.05, 4.69) is 22.8 Å². The van der Waals surface area contributed by atoms with Gasteiger partial charge in [-0.15, -0.1) is 0 Å². The van der Waals surface area contributed by atoms with E-state index in [0.717, 1.165) is 38.3 Å². The average molecular weight is 290 g/mol. The van der Waals surface area contributed by atoms with Crippen LogP contribution in [0.15, 0.2) is 0 Å². The summed E-state index contributed by atoms with van der Waals surface area (Å²) in [5, 5.41) is 9.34. The number of nitrogens with zero attached hydrogens (tertiary/aromatic N) is 3. The van der Waals surface area contributed by atoms with E-state index in [1.54, 1.807) is 0 Å². The minimum atomic E-state index is -0.546. The van der Waals surface area contributed by atoms with E-state index in [1.165, 1.54) is 38.9 Å². The molecule has 0 aromatic carbocycles. The summed E-state index contributed by atoms with van der Waals surface area (Å²) in [5.74, 6) is 0.402. The number of piperidine rings is 1. The van der Waals surface area contributed by atoms with Gasteiger partial charge in [-0.05, 0) is 58.0 Å². The molecule has 4 nitrogen and oxygen atoms in total. The molecule has 0 aromatic rings. The van der Waals surface area contributed by atoms with Gasteiger partial charge < -0.3 is 5.73 Å². The molecule has 21 heavy (non-hydrogen) atoms. The average Bonchev–Trinajstić information content (AvgIpc) is 2.87. The van der Waals surface area contributed by atoms with Gasteiger partial charge in [0.05, 0.1) is 6.07 Å². The zero-order chi connectivity index (χ0) is 14.9. The van der Waals surface area contributed by atoms with E-state index in [1.807, 2.05) is 0 Å². The van der Waals surface area contributed by atoms with Crippen molar-refractivity contribution in [1.29, 1.82) is 5.26 Å². The van der Waals surface area contributed by atoms with Gasteiger partial charge in [-0.25, -0.2) is 0 Å². The zero-order valence-electron chi connectivity index (χ0n) is 13.4. The minimum absolute atomic E-state index is 0.402. The third-order valence-corrected chi connectivity index (χ3v) is 6.16. The molecule has 1 saturated carbocycles. The van der Waals surface area contributed by atoms with Crippen molar-refractivity contribution < 1.29 is 0 Å². The Morgan fingerprint density at radius 2 is 2.10 bits per heavy atom. The molecule has 0 aromatic heterocycles. The second-order valence-corrected chi connectivity index (χ2v) is 7.52. The van der Waals surface area contributed by atoms with Gasteiger partial charge in [0, 0.05) is 25.2 Å².